The second-order valence-electron chi connectivity index (χ2n) is 5.03. The number of hydrogen-bond acceptors (Lipinski definition) is 3. The lowest BCUT2D eigenvalue weighted by Crippen LogP contribution is -2.31. The highest BCUT2D eigenvalue weighted by molar-refractivity contribution is 5.97. The summed E-state index contributed by atoms with van der Waals surface area (Å²) in [6, 6.07) is 7.10. The molecule has 1 aromatic carbocycles. The van der Waals surface area contributed by atoms with Crippen LogP contribution in [-0.2, 0) is 11.2 Å². The minimum Gasteiger partial charge on any atom is -0.409 e. The van der Waals surface area contributed by atoms with Crippen LogP contribution in [-0.4, -0.2) is 35.4 Å². The third kappa shape index (κ3) is 4.62. The summed E-state index contributed by atoms with van der Waals surface area (Å²) in [6.07, 6.45) is 0.361. The lowest BCUT2D eigenvalue weighted by atomic mass is 10.1. The molecule has 0 aromatic heterocycles. The second-order valence-corrected chi connectivity index (χ2v) is 5.03. The molecule has 0 radical (unpaired) electrons. The van der Waals surface area contributed by atoms with Gasteiger partial charge in [-0.05, 0) is 11.5 Å². The Balaban J connectivity index is 2.65. The molecular formula is C14H21N3O2. The molecule has 0 atom stereocenters. The molecule has 0 bridgehead atoms. The molecule has 1 amide bonds. The maximum atomic E-state index is 12.0. The van der Waals surface area contributed by atoms with E-state index < -0.39 is 0 Å². The lowest BCUT2D eigenvalue weighted by molar-refractivity contribution is -0.129. The zero-order valence-electron chi connectivity index (χ0n) is 11.6. The highest BCUT2D eigenvalue weighted by Crippen LogP contribution is 2.07. The van der Waals surface area contributed by atoms with Crippen molar-refractivity contribution in [1.29, 1.82) is 0 Å². The predicted molar refractivity (Wildman–Crippen MR) is 75.1 cm³/mol. The van der Waals surface area contributed by atoms with E-state index in [0.717, 1.165) is 12.1 Å². The summed E-state index contributed by atoms with van der Waals surface area (Å²) in [7, 11) is 1.81. The van der Waals surface area contributed by atoms with E-state index in [4.69, 9.17) is 10.9 Å². The number of oxime groups is 1. The number of carbonyl (C=O) groups is 1. The van der Waals surface area contributed by atoms with Crippen LogP contribution in [0.5, 0.6) is 0 Å². The monoisotopic (exact) mass is 263 g/mol. The highest BCUT2D eigenvalue weighted by atomic mass is 16.4. The highest BCUT2D eigenvalue weighted by Gasteiger charge is 2.11. The Morgan fingerprint density at radius 3 is 2.42 bits per heavy atom. The summed E-state index contributed by atoms with van der Waals surface area (Å²) in [5.41, 5.74) is 7.02. The van der Waals surface area contributed by atoms with Gasteiger partial charge in [-0.15, -0.1) is 0 Å². The zero-order chi connectivity index (χ0) is 14.4. The number of nitrogens with two attached hydrogens (primary N) is 1. The van der Waals surface area contributed by atoms with E-state index in [2.05, 4.69) is 19.0 Å². The molecular weight excluding hydrogens is 242 g/mol. The number of likely N-dealkylation sites (N-methyl/N-ethyl adjacent to an activating group) is 1. The van der Waals surface area contributed by atoms with E-state index in [9.17, 15) is 4.79 Å². The number of benzene rings is 1. The van der Waals surface area contributed by atoms with Gasteiger partial charge in [0.1, 0.15) is 0 Å². The number of hydrogen-bond donors (Lipinski definition) is 2. The van der Waals surface area contributed by atoms with Crippen molar-refractivity contribution in [3.8, 4) is 0 Å². The fourth-order valence-electron chi connectivity index (χ4n) is 1.81. The van der Waals surface area contributed by atoms with Crippen LogP contribution in [0, 0.1) is 5.92 Å². The summed E-state index contributed by atoms with van der Waals surface area (Å²) in [5.74, 6) is 0.608. The Kier molecular flexibility index (Phi) is 5.36. The van der Waals surface area contributed by atoms with Gasteiger partial charge in [-0.1, -0.05) is 43.3 Å². The van der Waals surface area contributed by atoms with Gasteiger partial charge in [0.25, 0.3) is 0 Å². The van der Waals surface area contributed by atoms with E-state index in [-0.39, 0.29) is 11.7 Å². The number of nitrogens with zero attached hydrogens (tertiary/aromatic N) is 2. The van der Waals surface area contributed by atoms with Gasteiger partial charge in [-0.3, -0.25) is 4.79 Å². The fourth-order valence-corrected chi connectivity index (χ4v) is 1.81. The van der Waals surface area contributed by atoms with E-state index in [1.54, 1.807) is 17.0 Å². The van der Waals surface area contributed by atoms with Gasteiger partial charge in [-0.25, -0.2) is 0 Å². The van der Waals surface area contributed by atoms with Gasteiger partial charge in [0.15, 0.2) is 5.84 Å². The molecule has 3 N–H and O–H groups in total. The summed E-state index contributed by atoms with van der Waals surface area (Å²) in [5, 5.41) is 11.5. The summed E-state index contributed by atoms with van der Waals surface area (Å²) < 4.78 is 0. The average molecular weight is 263 g/mol. The first-order chi connectivity index (χ1) is 8.93. The molecule has 0 saturated heterocycles. The largest absolute Gasteiger partial charge is 0.409 e. The molecule has 0 spiro atoms. The van der Waals surface area contributed by atoms with E-state index in [0.29, 0.717) is 17.9 Å². The van der Waals surface area contributed by atoms with Crippen molar-refractivity contribution in [1.82, 2.24) is 4.90 Å². The second kappa shape index (κ2) is 6.78. The molecule has 0 saturated carbocycles. The van der Waals surface area contributed by atoms with Gasteiger partial charge in [0.2, 0.25) is 5.91 Å². The van der Waals surface area contributed by atoms with Crippen molar-refractivity contribution in [3.63, 3.8) is 0 Å². The standard InChI is InChI=1S/C14H21N3O2/c1-10(2)9-17(3)13(18)8-11-4-6-12(7-5-11)14(15)16-19/h4-7,10,19H,8-9H2,1-3H3,(H2,15,16). The molecule has 0 heterocycles. The van der Waals surface area contributed by atoms with Gasteiger partial charge < -0.3 is 15.8 Å². The van der Waals surface area contributed by atoms with Crippen LogP contribution in [0.15, 0.2) is 29.4 Å². The first-order valence-corrected chi connectivity index (χ1v) is 6.24. The zero-order valence-corrected chi connectivity index (χ0v) is 11.6. The van der Waals surface area contributed by atoms with Crippen molar-refractivity contribution >= 4 is 11.7 Å². The SMILES string of the molecule is CC(C)CN(C)C(=O)Cc1ccc(C(N)=NO)cc1. The van der Waals surface area contributed by atoms with Crippen LogP contribution in [0.4, 0.5) is 0 Å². The molecule has 0 aliphatic carbocycles. The Morgan fingerprint density at radius 2 is 1.95 bits per heavy atom. The van der Waals surface area contributed by atoms with E-state index >= 15 is 0 Å². The molecule has 0 fully saturated rings. The first-order valence-electron chi connectivity index (χ1n) is 6.24. The number of amides is 1. The van der Waals surface area contributed by atoms with Gasteiger partial charge >= 0.3 is 0 Å². The van der Waals surface area contributed by atoms with Crippen LogP contribution in [0.3, 0.4) is 0 Å². The summed E-state index contributed by atoms with van der Waals surface area (Å²) in [4.78, 5) is 13.7. The molecule has 1 aromatic rings. The maximum Gasteiger partial charge on any atom is 0.226 e. The van der Waals surface area contributed by atoms with Crippen molar-refractivity contribution in [2.45, 2.75) is 20.3 Å². The number of amidine groups is 1. The van der Waals surface area contributed by atoms with Crippen LogP contribution >= 0.6 is 0 Å². The molecule has 0 unspecified atom stereocenters. The minimum absolute atomic E-state index is 0.0646. The normalized spacial score (nSPS) is 11.7. The van der Waals surface area contributed by atoms with Crippen LogP contribution < -0.4 is 5.73 Å². The van der Waals surface area contributed by atoms with Crippen molar-refractivity contribution in [2.75, 3.05) is 13.6 Å². The smallest absolute Gasteiger partial charge is 0.226 e. The molecule has 1 rings (SSSR count). The summed E-state index contributed by atoms with van der Waals surface area (Å²) in [6.45, 7) is 4.91. The quantitative estimate of drug-likeness (QED) is 0.365. The predicted octanol–water partition coefficient (Wildman–Crippen LogP) is 1.44. The third-order valence-electron chi connectivity index (χ3n) is 2.78. The van der Waals surface area contributed by atoms with Crippen LogP contribution in [0.25, 0.3) is 0 Å². The van der Waals surface area contributed by atoms with Crippen molar-refractivity contribution in [2.24, 2.45) is 16.8 Å². The molecule has 0 aliphatic heterocycles. The maximum absolute atomic E-state index is 12.0. The average Bonchev–Trinajstić information content (AvgIpc) is 2.37. The van der Waals surface area contributed by atoms with Gasteiger partial charge in [-0.2, -0.15) is 0 Å². The Bertz CT molecular complexity index is 452. The Morgan fingerprint density at radius 1 is 1.37 bits per heavy atom. The number of rotatable bonds is 5. The van der Waals surface area contributed by atoms with Gasteiger partial charge in [0, 0.05) is 19.2 Å². The molecule has 104 valence electrons. The van der Waals surface area contributed by atoms with Crippen LogP contribution in [0.2, 0.25) is 0 Å². The van der Waals surface area contributed by atoms with E-state index in [1.807, 2.05) is 19.2 Å². The van der Waals surface area contributed by atoms with Crippen LogP contribution in [0.1, 0.15) is 25.0 Å². The first kappa shape index (κ1) is 15.0. The molecule has 5 heteroatoms. The van der Waals surface area contributed by atoms with Crippen molar-refractivity contribution in [3.05, 3.63) is 35.4 Å². The van der Waals surface area contributed by atoms with E-state index in [1.165, 1.54) is 0 Å². The van der Waals surface area contributed by atoms with Crippen molar-refractivity contribution < 1.29 is 10.0 Å². The molecule has 0 aliphatic rings. The lowest BCUT2D eigenvalue weighted by Gasteiger charge is -2.19. The molecule has 19 heavy (non-hydrogen) atoms. The summed E-state index contributed by atoms with van der Waals surface area (Å²) >= 11 is 0. The third-order valence-corrected chi connectivity index (χ3v) is 2.78. The topological polar surface area (TPSA) is 78.9 Å². The fraction of sp³-hybridized carbons (Fsp3) is 0.429. The molecule has 5 nitrogen and oxygen atoms in total. The number of carbonyl (C=O) groups excluding carboxylic acids is 1. The Hall–Kier alpha value is -2.04. The Labute approximate surface area is 113 Å². The minimum atomic E-state index is 0.0646. The van der Waals surface area contributed by atoms with Gasteiger partial charge in [0.05, 0.1) is 6.42 Å².